The van der Waals surface area contributed by atoms with Gasteiger partial charge in [-0.2, -0.15) is 0 Å². The van der Waals surface area contributed by atoms with Crippen LogP contribution < -0.4 is 0 Å². The Hall–Kier alpha value is -0.160. The summed E-state index contributed by atoms with van der Waals surface area (Å²) in [5.41, 5.74) is 0.799. The molecule has 68 valence electrons. The van der Waals surface area contributed by atoms with Gasteiger partial charge in [0.15, 0.2) is 0 Å². The van der Waals surface area contributed by atoms with Gasteiger partial charge in [0, 0.05) is 27.0 Å². The van der Waals surface area contributed by atoms with Crippen LogP contribution in [0.3, 0.4) is 0 Å². The van der Waals surface area contributed by atoms with Crippen LogP contribution in [0.25, 0.3) is 10.1 Å². The maximum atomic E-state index is 9.07. The summed E-state index contributed by atoms with van der Waals surface area (Å²) in [7, 11) is 0. The topological polar surface area (TPSA) is 33.1 Å². The molecule has 0 atom stereocenters. The predicted molar refractivity (Wildman–Crippen MR) is 58.3 cm³/mol. The third kappa shape index (κ3) is 1.48. The summed E-state index contributed by atoms with van der Waals surface area (Å²) in [4.78, 5) is 3.99. The summed E-state index contributed by atoms with van der Waals surface area (Å²) in [5.74, 6) is 0. The van der Waals surface area contributed by atoms with Crippen molar-refractivity contribution in [1.82, 2.24) is 4.98 Å². The molecule has 0 aromatic carbocycles. The molecule has 2 rings (SSSR count). The molecule has 0 aliphatic carbocycles. The summed E-state index contributed by atoms with van der Waals surface area (Å²) in [5, 5.41) is 12.5. The van der Waals surface area contributed by atoms with Gasteiger partial charge in [0.25, 0.3) is 0 Å². The van der Waals surface area contributed by atoms with Crippen LogP contribution in [0.15, 0.2) is 16.0 Å². The number of pyridine rings is 1. The maximum Gasteiger partial charge on any atom is 0.146 e. The lowest BCUT2D eigenvalue weighted by Crippen LogP contribution is -1.86. The highest BCUT2D eigenvalue weighted by Gasteiger charge is 2.10. The van der Waals surface area contributed by atoms with Crippen molar-refractivity contribution in [2.45, 2.75) is 6.61 Å². The van der Waals surface area contributed by atoms with E-state index in [2.05, 4.69) is 20.9 Å². The molecule has 2 heterocycles. The second-order valence-electron chi connectivity index (χ2n) is 2.52. The number of aliphatic hydroxyl groups is 1. The molecule has 0 aliphatic heterocycles. The van der Waals surface area contributed by atoms with E-state index in [1.807, 2.05) is 5.38 Å². The fourth-order valence-corrected chi connectivity index (χ4v) is 3.16. The highest BCUT2D eigenvalue weighted by atomic mass is 79.9. The van der Waals surface area contributed by atoms with Gasteiger partial charge in [-0.15, -0.1) is 11.3 Å². The van der Waals surface area contributed by atoms with Crippen molar-refractivity contribution < 1.29 is 5.11 Å². The first-order valence-corrected chi connectivity index (χ1v) is 5.60. The molecule has 0 amide bonds. The fourth-order valence-electron chi connectivity index (χ4n) is 1.17. The first kappa shape index (κ1) is 9.40. The average molecular weight is 279 g/mol. The summed E-state index contributed by atoms with van der Waals surface area (Å²) in [6.45, 7) is -0.0179. The van der Waals surface area contributed by atoms with E-state index >= 15 is 0 Å². The minimum atomic E-state index is -0.0179. The molecule has 0 saturated heterocycles. The van der Waals surface area contributed by atoms with Crippen molar-refractivity contribution in [3.63, 3.8) is 0 Å². The van der Waals surface area contributed by atoms with Gasteiger partial charge in [0.2, 0.25) is 0 Å². The van der Waals surface area contributed by atoms with Crippen molar-refractivity contribution in [1.29, 1.82) is 0 Å². The zero-order valence-corrected chi connectivity index (χ0v) is 9.58. The van der Waals surface area contributed by atoms with Crippen LogP contribution >= 0.6 is 38.9 Å². The average Bonchev–Trinajstić information content (AvgIpc) is 2.51. The number of thiophene rings is 1. The zero-order valence-electron chi connectivity index (χ0n) is 6.42. The molecule has 0 saturated carbocycles. The Labute approximate surface area is 92.3 Å². The zero-order chi connectivity index (χ0) is 9.42. The number of nitrogens with zero attached hydrogens (tertiary/aromatic N) is 1. The van der Waals surface area contributed by atoms with Gasteiger partial charge >= 0.3 is 0 Å². The summed E-state index contributed by atoms with van der Waals surface area (Å²) >= 11 is 10.8. The SMILES string of the molecule is OCc1cnc(Cl)c2scc(Br)c12. The van der Waals surface area contributed by atoms with Gasteiger partial charge in [0.05, 0.1) is 11.3 Å². The molecule has 0 aliphatic rings. The molecule has 2 aromatic rings. The van der Waals surface area contributed by atoms with E-state index in [1.54, 1.807) is 6.20 Å². The van der Waals surface area contributed by atoms with Crippen LogP contribution in [0.5, 0.6) is 0 Å². The van der Waals surface area contributed by atoms with E-state index < -0.39 is 0 Å². The molecule has 0 spiro atoms. The molecule has 0 fully saturated rings. The molecule has 2 aromatic heterocycles. The summed E-state index contributed by atoms with van der Waals surface area (Å²) in [6, 6.07) is 0. The number of aliphatic hydroxyl groups excluding tert-OH is 1. The lowest BCUT2D eigenvalue weighted by Gasteiger charge is -1.99. The van der Waals surface area contributed by atoms with Crippen LogP contribution in [0, 0.1) is 0 Å². The van der Waals surface area contributed by atoms with Gasteiger partial charge in [0.1, 0.15) is 5.15 Å². The molecule has 0 bridgehead atoms. The molecule has 1 N–H and O–H groups in total. The van der Waals surface area contributed by atoms with Crippen molar-refractivity contribution >= 4 is 49.0 Å². The molecular weight excluding hydrogens is 274 g/mol. The van der Waals surface area contributed by atoms with E-state index in [0.29, 0.717) is 5.15 Å². The van der Waals surface area contributed by atoms with Crippen LogP contribution in [-0.4, -0.2) is 10.1 Å². The second kappa shape index (κ2) is 3.53. The Balaban J connectivity index is 2.88. The minimum absolute atomic E-state index is 0.0179. The van der Waals surface area contributed by atoms with Crippen LogP contribution in [0.2, 0.25) is 5.15 Å². The predicted octanol–water partition coefficient (Wildman–Crippen LogP) is 3.20. The normalized spacial score (nSPS) is 11.0. The minimum Gasteiger partial charge on any atom is -0.392 e. The largest absolute Gasteiger partial charge is 0.392 e. The van der Waals surface area contributed by atoms with Crippen molar-refractivity contribution in [3.8, 4) is 0 Å². The number of fused-ring (bicyclic) bond motifs is 1. The second-order valence-corrected chi connectivity index (χ2v) is 4.61. The van der Waals surface area contributed by atoms with Gasteiger partial charge in [-0.3, -0.25) is 0 Å². The number of hydrogen-bond acceptors (Lipinski definition) is 3. The Morgan fingerprint density at radius 1 is 1.62 bits per heavy atom. The van der Waals surface area contributed by atoms with Gasteiger partial charge in [-0.25, -0.2) is 4.98 Å². The highest BCUT2D eigenvalue weighted by Crippen LogP contribution is 2.36. The third-order valence-electron chi connectivity index (χ3n) is 1.76. The monoisotopic (exact) mass is 277 g/mol. The maximum absolute atomic E-state index is 9.07. The lowest BCUT2D eigenvalue weighted by atomic mass is 10.2. The summed E-state index contributed by atoms with van der Waals surface area (Å²) in [6.07, 6.45) is 1.60. The van der Waals surface area contributed by atoms with Crippen LogP contribution in [-0.2, 0) is 6.61 Å². The Morgan fingerprint density at radius 2 is 2.38 bits per heavy atom. The van der Waals surface area contributed by atoms with Crippen molar-refractivity contribution in [2.75, 3.05) is 0 Å². The first-order valence-electron chi connectivity index (χ1n) is 3.55. The number of halogens is 2. The summed E-state index contributed by atoms with van der Waals surface area (Å²) < 4.78 is 1.88. The Kier molecular flexibility index (Phi) is 2.55. The Bertz CT molecular complexity index is 457. The first-order chi connectivity index (χ1) is 6.24. The third-order valence-corrected chi connectivity index (χ3v) is 4.07. The molecule has 2 nitrogen and oxygen atoms in total. The van der Waals surface area contributed by atoms with Gasteiger partial charge < -0.3 is 5.11 Å². The van der Waals surface area contributed by atoms with E-state index in [-0.39, 0.29) is 6.61 Å². The highest BCUT2D eigenvalue weighted by molar-refractivity contribution is 9.10. The van der Waals surface area contributed by atoms with E-state index in [9.17, 15) is 0 Å². The van der Waals surface area contributed by atoms with E-state index in [4.69, 9.17) is 16.7 Å². The molecule has 0 unspecified atom stereocenters. The quantitative estimate of drug-likeness (QED) is 0.813. The van der Waals surface area contributed by atoms with Gasteiger partial charge in [-0.05, 0) is 15.9 Å². The molecule has 0 radical (unpaired) electrons. The molecule has 13 heavy (non-hydrogen) atoms. The molecule has 5 heteroatoms. The van der Waals surface area contributed by atoms with Crippen LogP contribution in [0.4, 0.5) is 0 Å². The van der Waals surface area contributed by atoms with Crippen molar-refractivity contribution in [2.24, 2.45) is 0 Å². The smallest absolute Gasteiger partial charge is 0.146 e. The van der Waals surface area contributed by atoms with Crippen molar-refractivity contribution in [3.05, 3.63) is 26.8 Å². The number of rotatable bonds is 1. The molecular formula is C8H5BrClNOS. The van der Waals surface area contributed by atoms with E-state index in [0.717, 1.165) is 20.1 Å². The fraction of sp³-hybridized carbons (Fsp3) is 0.125. The van der Waals surface area contributed by atoms with Crippen LogP contribution in [0.1, 0.15) is 5.56 Å². The van der Waals surface area contributed by atoms with Gasteiger partial charge in [-0.1, -0.05) is 11.6 Å². The standard InChI is InChI=1S/C8H5BrClNOS/c9-5-3-13-7-6(5)4(2-12)1-11-8(7)10/h1,3,12H,2H2. The lowest BCUT2D eigenvalue weighted by molar-refractivity contribution is 0.283. The number of aromatic nitrogens is 1. The Morgan fingerprint density at radius 3 is 3.08 bits per heavy atom. The number of hydrogen-bond donors (Lipinski definition) is 1. The van der Waals surface area contributed by atoms with E-state index in [1.165, 1.54) is 11.3 Å².